The van der Waals surface area contributed by atoms with Crippen molar-refractivity contribution in [3.63, 3.8) is 0 Å². The minimum absolute atomic E-state index is 0.852. The average Bonchev–Trinajstić information content (AvgIpc) is 2.48. The Bertz CT molecular complexity index is 239. The molecule has 0 amide bonds. The van der Waals surface area contributed by atoms with Crippen LogP contribution in [-0.2, 0) is 0 Å². The summed E-state index contributed by atoms with van der Waals surface area (Å²) in [6.45, 7) is 17.9. The lowest BCUT2D eigenvalue weighted by Crippen LogP contribution is -1.95. The Balaban J connectivity index is -0.000000118. The smallest absolute Gasteiger partial charge is 0.450 e. The summed E-state index contributed by atoms with van der Waals surface area (Å²) in [5.74, 6) is 3.41. The van der Waals surface area contributed by atoms with Crippen LogP contribution in [0.1, 0.15) is 93.9 Å². The molecule has 1 aliphatic rings. The Morgan fingerprint density at radius 2 is 0.538 bits per heavy atom. The van der Waals surface area contributed by atoms with Gasteiger partial charge in [-0.05, 0) is 23.7 Å². The zero-order valence-corrected chi connectivity index (χ0v) is 18.2. The fraction of sp³-hybridized carbons (Fsp3) is 0.900. The fourth-order valence-corrected chi connectivity index (χ4v) is 1.06. The molecule has 0 bridgehead atoms. The summed E-state index contributed by atoms with van der Waals surface area (Å²) in [6.07, 6.45) is 5.33. The molecule has 0 saturated heterocycles. The zero-order chi connectivity index (χ0) is 21.7. The maximum atomic E-state index is 8.56. The third-order valence-corrected chi connectivity index (χ3v) is 4.17. The van der Waals surface area contributed by atoms with Gasteiger partial charge in [-0.25, -0.2) is 9.59 Å². The van der Waals surface area contributed by atoms with Gasteiger partial charge in [-0.3, -0.25) is 0 Å². The predicted octanol–water partition coefficient (Wildman–Crippen LogP) is 7.38. The Kier molecular flexibility index (Phi) is 29.2. The molecule has 1 aliphatic carbocycles. The molecule has 6 nitrogen and oxygen atoms in total. The van der Waals surface area contributed by atoms with Crippen LogP contribution < -0.4 is 0 Å². The molecule has 0 spiro atoms. The first-order valence-corrected chi connectivity index (χ1v) is 9.59. The van der Waals surface area contributed by atoms with Crippen LogP contribution in [-0.4, -0.2) is 32.7 Å². The van der Waals surface area contributed by atoms with Gasteiger partial charge in [-0.15, -0.1) is 0 Å². The third kappa shape index (κ3) is 66.5. The van der Waals surface area contributed by atoms with Crippen molar-refractivity contribution in [2.45, 2.75) is 93.9 Å². The van der Waals surface area contributed by atoms with Crippen LogP contribution in [0.4, 0.5) is 9.59 Å². The molecule has 0 aromatic heterocycles. The summed E-state index contributed by atoms with van der Waals surface area (Å²) in [5, 5.41) is 27.9. The quantitative estimate of drug-likeness (QED) is 0.397. The maximum Gasteiger partial charge on any atom is 0.503 e. The van der Waals surface area contributed by atoms with Crippen LogP contribution in [0.25, 0.3) is 0 Å². The first-order valence-electron chi connectivity index (χ1n) is 9.59. The third-order valence-electron chi connectivity index (χ3n) is 4.17. The van der Waals surface area contributed by atoms with E-state index in [0.717, 1.165) is 23.7 Å². The van der Waals surface area contributed by atoms with E-state index in [1.54, 1.807) is 0 Å². The van der Waals surface area contributed by atoms with Crippen LogP contribution in [0.3, 0.4) is 0 Å². The highest BCUT2D eigenvalue weighted by molar-refractivity contribution is 5.53. The van der Waals surface area contributed by atoms with E-state index in [1.165, 1.54) is 38.5 Å². The summed E-state index contributed by atoms with van der Waals surface area (Å²) in [6, 6.07) is 0. The first kappa shape index (κ1) is 32.2. The minimum atomic E-state index is -1.83. The van der Waals surface area contributed by atoms with Gasteiger partial charge in [-0.1, -0.05) is 93.9 Å². The summed E-state index contributed by atoms with van der Waals surface area (Å²) in [7, 11) is 0. The summed E-state index contributed by atoms with van der Waals surface area (Å²) in [5.41, 5.74) is 0. The monoisotopic (exact) mass is 380 g/mol. The van der Waals surface area contributed by atoms with Crippen molar-refractivity contribution in [3.05, 3.63) is 0 Å². The van der Waals surface area contributed by atoms with Crippen LogP contribution in [0.15, 0.2) is 0 Å². The lowest BCUT2D eigenvalue weighted by molar-refractivity contribution is 0.135. The highest BCUT2D eigenvalue weighted by Crippen LogP contribution is 2.15. The number of rotatable bonds is 2. The lowest BCUT2D eigenvalue weighted by atomic mass is 10.0. The molecule has 160 valence electrons. The lowest BCUT2D eigenvalue weighted by Gasteiger charge is -2.05. The molecule has 1 saturated carbocycles. The predicted molar refractivity (Wildman–Crippen MR) is 108 cm³/mol. The van der Waals surface area contributed by atoms with E-state index in [4.69, 9.17) is 30.0 Å². The second kappa shape index (κ2) is 23.5. The van der Waals surface area contributed by atoms with Crippen molar-refractivity contribution >= 4 is 12.3 Å². The molecule has 0 aromatic rings. The Labute approximate surface area is 160 Å². The highest BCUT2D eigenvalue weighted by Gasteiger charge is 1.96. The van der Waals surface area contributed by atoms with Gasteiger partial charge in [0, 0.05) is 0 Å². The molecule has 0 unspecified atom stereocenters. The van der Waals surface area contributed by atoms with Crippen molar-refractivity contribution in [3.8, 4) is 0 Å². The molecule has 6 heteroatoms. The van der Waals surface area contributed by atoms with Gasteiger partial charge in [-0.2, -0.15) is 0 Å². The number of hydrogen-bond acceptors (Lipinski definition) is 2. The average molecular weight is 381 g/mol. The van der Waals surface area contributed by atoms with E-state index in [9.17, 15) is 0 Å². The van der Waals surface area contributed by atoms with Crippen molar-refractivity contribution in [1.82, 2.24) is 0 Å². The van der Waals surface area contributed by atoms with Crippen LogP contribution >= 0.6 is 0 Å². The topological polar surface area (TPSA) is 115 Å². The second-order valence-electron chi connectivity index (χ2n) is 7.66. The van der Waals surface area contributed by atoms with E-state index in [2.05, 4.69) is 55.4 Å². The van der Waals surface area contributed by atoms with E-state index < -0.39 is 12.3 Å². The van der Waals surface area contributed by atoms with Crippen molar-refractivity contribution in [1.29, 1.82) is 0 Å². The van der Waals surface area contributed by atoms with Gasteiger partial charge >= 0.3 is 12.3 Å². The Morgan fingerprint density at radius 1 is 0.462 bits per heavy atom. The standard InChI is InChI=1S/C6H12.2C6H14.2CH2O3/c1-2-4-6-5-3-1;2*1-5(2)6(3)4;2*2-1(3)4/h1-6H2;2*5-6H,1-4H3;2*(H2,2,3,4). The van der Waals surface area contributed by atoms with Crippen molar-refractivity contribution in [2.75, 3.05) is 0 Å². The van der Waals surface area contributed by atoms with Crippen LogP contribution in [0.2, 0.25) is 0 Å². The van der Waals surface area contributed by atoms with Gasteiger partial charge < -0.3 is 20.4 Å². The van der Waals surface area contributed by atoms with Gasteiger partial charge in [0.05, 0.1) is 0 Å². The number of carbonyl (C=O) groups is 2. The molecular weight excluding hydrogens is 336 g/mol. The molecule has 0 radical (unpaired) electrons. The fourth-order valence-electron chi connectivity index (χ4n) is 1.06. The SMILES string of the molecule is C1CCCCC1.CC(C)C(C)C.CC(C)C(C)C.O=C(O)O.O=C(O)O. The normalized spacial score (nSPS) is 12.5. The van der Waals surface area contributed by atoms with E-state index in [0.29, 0.717) is 0 Å². The molecule has 0 aliphatic heterocycles. The molecular formula is C20H44O6. The van der Waals surface area contributed by atoms with Crippen molar-refractivity contribution < 1.29 is 30.0 Å². The molecule has 1 rings (SSSR count). The van der Waals surface area contributed by atoms with Gasteiger partial charge in [0.25, 0.3) is 0 Å². The van der Waals surface area contributed by atoms with Gasteiger partial charge in [0.15, 0.2) is 0 Å². The Hall–Kier alpha value is -1.46. The summed E-state index contributed by atoms with van der Waals surface area (Å²) < 4.78 is 0. The Morgan fingerprint density at radius 3 is 0.577 bits per heavy atom. The largest absolute Gasteiger partial charge is 0.503 e. The molecule has 0 heterocycles. The first-order chi connectivity index (χ1) is 11.7. The van der Waals surface area contributed by atoms with E-state index in [-0.39, 0.29) is 0 Å². The molecule has 26 heavy (non-hydrogen) atoms. The number of carboxylic acid groups (broad SMARTS) is 4. The number of hydrogen-bond donors (Lipinski definition) is 4. The van der Waals surface area contributed by atoms with E-state index in [1.807, 2.05) is 0 Å². The summed E-state index contributed by atoms with van der Waals surface area (Å²) >= 11 is 0. The van der Waals surface area contributed by atoms with E-state index >= 15 is 0 Å². The molecule has 1 fully saturated rings. The molecule has 0 aromatic carbocycles. The molecule has 0 atom stereocenters. The van der Waals surface area contributed by atoms with Gasteiger partial charge in [0.1, 0.15) is 0 Å². The van der Waals surface area contributed by atoms with Gasteiger partial charge in [0.2, 0.25) is 0 Å². The van der Waals surface area contributed by atoms with Crippen LogP contribution in [0.5, 0.6) is 0 Å². The highest BCUT2D eigenvalue weighted by atomic mass is 16.6. The summed E-state index contributed by atoms with van der Waals surface area (Å²) in [4.78, 5) is 17.1. The zero-order valence-electron chi connectivity index (χ0n) is 18.2. The molecule has 4 N–H and O–H groups in total. The van der Waals surface area contributed by atoms with Crippen molar-refractivity contribution in [2.24, 2.45) is 23.7 Å². The maximum absolute atomic E-state index is 8.56. The van der Waals surface area contributed by atoms with Crippen LogP contribution in [0, 0.1) is 23.7 Å². The minimum Gasteiger partial charge on any atom is -0.450 e. The second-order valence-corrected chi connectivity index (χ2v) is 7.66.